The van der Waals surface area contributed by atoms with E-state index >= 15 is 0 Å². The van der Waals surface area contributed by atoms with Crippen LogP contribution in [0.1, 0.15) is 58.9 Å². The largest absolute Gasteiger partial charge is 1.00 e. The van der Waals surface area contributed by atoms with E-state index in [9.17, 15) is 9.59 Å². The molecule has 0 fully saturated rings. The minimum atomic E-state index is -0.216. The molecule has 0 spiro atoms. The van der Waals surface area contributed by atoms with Crippen molar-refractivity contribution >= 4 is 23.7 Å². The first-order valence-electron chi connectivity index (χ1n) is 12.0. The monoisotopic (exact) mass is 534 g/mol. The predicted molar refractivity (Wildman–Crippen MR) is 134 cm³/mol. The standard InChI is InChI=1S/C28H31N4O2.BrH/c1-2-3-9-17-30-20-15-23(16-21-30)22-29-32(24-11-5-4-6-12-24)19-10-18-31-27(33)25-13-7-8-14-26(25)28(31)34;/h4-8,11-16,20-22H,2-3,9-10,17-19H2,1H3;1H/q+1;/p-1. The first-order valence-corrected chi connectivity index (χ1v) is 12.0. The van der Waals surface area contributed by atoms with Crippen LogP contribution in [0.25, 0.3) is 0 Å². The lowest BCUT2D eigenvalue weighted by Gasteiger charge is -2.21. The molecular formula is C28H31BrN4O2. The van der Waals surface area contributed by atoms with E-state index in [1.807, 2.05) is 41.6 Å². The zero-order chi connectivity index (χ0) is 23.8. The Kier molecular flexibility index (Phi) is 9.73. The molecule has 0 aliphatic carbocycles. The van der Waals surface area contributed by atoms with Crippen LogP contribution in [0.2, 0.25) is 0 Å². The van der Waals surface area contributed by atoms with Crippen molar-refractivity contribution in [2.24, 2.45) is 5.10 Å². The number of rotatable bonds is 11. The number of carbonyl (C=O) groups is 2. The van der Waals surface area contributed by atoms with E-state index < -0.39 is 0 Å². The van der Waals surface area contributed by atoms with Gasteiger partial charge in [-0.1, -0.05) is 43.7 Å². The quantitative estimate of drug-likeness (QED) is 0.124. The number of hydrogen-bond acceptors (Lipinski definition) is 4. The van der Waals surface area contributed by atoms with Crippen molar-refractivity contribution < 1.29 is 31.1 Å². The van der Waals surface area contributed by atoms with Gasteiger partial charge in [-0.25, -0.2) is 4.57 Å². The van der Waals surface area contributed by atoms with Crippen molar-refractivity contribution in [3.05, 3.63) is 95.8 Å². The normalized spacial score (nSPS) is 12.7. The highest BCUT2D eigenvalue weighted by Crippen LogP contribution is 2.23. The number of unbranched alkanes of at least 4 members (excludes halogenated alkanes) is 2. The number of halogens is 1. The van der Waals surface area contributed by atoms with Gasteiger partial charge in [-0.2, -0.15) is 5.10 Å². The topological polar surface area (TPSA) is 56.9 Å². The molecule has 35 heavy (non-hydrogen) atoms. The van der Waals surface area contributed by atoms with E-state index in [1.165, 1.54) is 24.2 Å². The van der Waals surface area contributed by atoms with Gasteiger partial charge in [-0.15, -0.1) is 0 Å². The molecule has 0 atom stereocenters. The molecule has 4 rings (SSSR count). The van der Waals surface area contributed by atoms with Gasteiger partial charge in [0.2, 0.25) is 0 Å². The van der Waals surface area contributed by atoms with E-state index in [-0.39, 0.29) is 28.8 Å². The Hall–Kier alpha value is -3.32. The van der Waals surface area contributed by atoms with Gasteiger partial charge in [0.15, 0.2) is 12.4 Å². The van der Waals surface area contributed by atoms with E-state index in [4.69, 9.17) is 5.10 Å². The highest BCUT2D eigenvalue weighted by Gasteiger charge is 2.34. The lowest BCUT2D eigenvalue weighted by Crippen LogP contribution is -3.00. The second kappa shape index (κ2) is 13.0. The predicted octanol–water partition coefficient (Wildman–Crippen LogP) is 1.70. The van der Waals surface area contributed by atoms with Gasteiger partial charge < -0.3 is 17.0 Å². The van der Waals surface area contributed by atoms with Crippen LogP contribution in [0.3, 0.4) is 0 Å². The summed E-state index contributed by atoms with van der Waals surface area (Å²) >= 11 is 0. The van der Waals surface area contributed by atoms with E-state index in [2.05, 4.69) is 36.0 Å². The number of hydrazone groups is 1. The molecular weight excluding hydrogens is 504 g/mol. The SMILES string of the molecule is CCCCC[n+]1ccc(/C=N/N(CCCN2C(=O)c3ccccc3C2=O)c2ccccc2)cc1.[Br-]. The van der Waals surface area contributed by atoms with Crippen molar-refractivity contribution in [2.45, 2.75) is 39.2 Å². The average molecular weight is 535 g/mol. The van der Waals surface area contributed by atoms with Gasteiger partial charge in [0.05, 0.1) is 23.0 Å². The Balaban J connectivity index is 0.00000342. The number of nitrogens with zero attached hydrogens (tertiary/aromatic N) is 4. The summed E-state index contributed by atoms with van der Waals surface area (Å²) in [7, 11) is 0. The summed E-state index contributed by atoms with van der Waals surface area (Å²) < 4.78 is 2.20. The highest BCUT2D eigenvalue weighted by molar-refractivity contribution is 6.21. The number of anilines is 1. The molecule has 182 valence electrons. The molecule has 3 aromatic rings. The first-order chi connectivity index (χ1) is 16.7. The lowest BCUT2D eigenvalue weighted by atomic mass is 10.1. The van der Waals surface area contributed by atoms with Crippen LogP contribution in [-0.4, -0.2) is 36.0 Å². The highest BCUT2D eigenvalue weighted by atomic mass is 79.9. The van der Waals surface area contributed by atoms with Crippen LogP contribution in [0, 0.1) is 0 Å². The van der Waals surface area contributed by atoms with Crippen LogP contribution in [-0.2, 0) is 6.54 Å². The Morgan fingerprint density at radius 2 is 1.49 bits per heavy atom. The Morgan fingerprint density at radius 1 is 0.857 bits per heavy atom. The third kappa shape index (κ3) is 6.63. The summed E-state index contributed by atoms with van der Waals surface area (Å²) in [6.07, 6.45) is 10.3. The van der Waals surface area contributed by atoms with Gasteiger partial charge in [0.1, 0.15) is 6.54 Å². The number of hydrogen-bond donors (Lipinski definition) is 0. The van der Waals surface area contributed by atoms with Crippen LogP contribution in [0.5, 0.6) is 0 Å². The number of imide groups is 1. The molecule has 2 heterocycles. The number of aromatic nitrogens is 1. The van der Waals surface area contributed by atoms with E-state index in [0.717, 1.165) is 17.8 Å². The fraction of sp³-hybridized carbons (Fsp3) is 0.286. The maximum absolute atomic E-state index is 12.6. The molecule has 2 aromatic carbocycles. The molecule has 0 bridgehead atoms. The minimum absolute atomic E-state index is 0. The molecule has 2 amide bonds. The number of para-hydroxylation sites is 1. The Labute approximate surface area is 217 Å². The van der Waals surface area contributed by atoms with Crippen LogP contribution in [0.15, 0.2) is 84.2 Å². The third-order valence-corrected chi connectivity index (χ3v) is 5.97. The van der Waals surface area contributed by atoms with Gasteiger partial charge in [0, 0.05) is 37.2 Å². The van der Waals surface area contributed by atoms with Crippen LogP contribution >= 0.6 is 0 Å². The summed E-state index contributed by atoms with van der Waals surface area (Å²) in [6, 6.07) is 21.1. The number of benzene rings is 2. The second-order valence-electron chi connectivity index (χ2n) is 8.44. The molecule has 1 aromatic heterocycles. The van der Waals surface area contributed by atoms with Crippen LogP contribution in [0.4, 0.5) is 5.69 Å². The molecule has 1 aliphatic heterocycles. The molecule has 0 radical (unpaired) electrons. The molecule has 6 nitrogen and oxygen atoms in total. The number of pyridine rings is 1. The summed E-state index contributed by atoms with van der Waals surface area (Å²) in [5.74, 6) is -0.432. The fourth-order valence-corrected chi connectivity index (χ4v) is 4.06. The summed E-state index contributed by atoms with van der Waals surface area (Å²) in [5, 5.41) is 6.64. The smallest absolute Gasteiger partial charge is 0.261 e. The summed E-state index contributed by atoms with van der Waals surface area (Å²) in [4.78, 5) is 26.6. The number of aryl methyl sites for hydroxylation is 1. The van der Waals surface area contributed by atoms with Gasteiger partial charge in [-0.05, 0) is 37.1 Å². The van der Waals surface area contributed by atoms with E-state index in [0.29, 0.717) is 30.6 Å². The molecule has 0 saturated carbocycles. The zero-order valence-corrected chi connectivity index (χ0v) is 21.6. The summed E-state index contributed by atoms with van der Waals surface area (Å²) in [5.41, 5.74) is 2.96. The second-order valence-corrected chi connectivity index (χ2v) is 8.44. The maximum atomic E-state index is 12.6. The molecule has 1 aliphatic rings. The minimum Gasteiger partial charge on any atom is -1.00 e. The van der Waals surface area contributed by atoms with E-state index in [1.54, 1.807) is 24.3 Å². The van der Waals surface area contributed by atoms with Crippen molar-refractivity contribution in [3.63, 3.8) is 0 Å². The van der Waals surface area contributed by atoms with Crippen LogP contribution < -0.4 is 26.6 Å². The maximum Gasteiger partial charge on any atom is 0.261 e. The molecule has 7 heteroatoms. The lowest BCUT2D eigenvalue weighted by molar-refractivity contribution is -0.697. The number of carbonyl (C=O) groups excluding carboxylic acids is 2. The summed E-state index contributed by atoms with van der Waals surface area (Å²) in [6.45, 7) is 4.17. The van der Waals surface area contributed by atoms with Gasteiger partial charge >= 0.3 is 0 Å². The van der Waals surface area contributed by atoms with Gasteiger partial charge in [0.25, 0.3) is 11.8 Å². The zero-order valence-electron chi connectivity index (χ0n) is 20.0. The first kappa shape index (κ1) is 26.3. The molecule has 0 saturated heterocycles. The van der Waals surface area contributed by atoms with Gasteiger partial charge in [-0.3, -0.25) is 19.5 Å². The van der Waals surface area contributed by atoms with Crippen molar-refractivity contribution in [2.75, 3.05) is 18.1 Å². The number of fused-ring (bicyclic) bond motifs is 1. The molecule has 0 unspecified atom stereocenters. The third-order valence-electron chi connectivity index (χ3n) is 5.97. The Morgan fingerprint density at radius 3 is 2.11 bits per heavy atom. The van der Waals surface area contributed by atoms with Crippen molar-refractivity contribution in [1.29, 1.82) is 0 Å². The average Bonchev–Trinajstić information content (AvgIpc) is 3.12. The fourth-order valence-electron chi connectivity index (χ4n) is 4.06. The van der Waals surface area contributed by atoms with Crippen molar-refractivity contribution in [3.8, 4) is 0 Å². The number of amides is 2. The Bertz CT molecular complexity index is 1110. The van der Waals surface area contributed by atoms with Crippen molar-refractivity contribution in [1.82, 2.24) is 4.90 Å². The molecule has 0 N–H and O–H groups in total.